The van der Waals surface area contributed by atoms with Crippen molar-refractivity contribution in [1.82, 2.24) is 5.32 Å². The van der Waals surface area contributed by atoms with Crippen molar-refractivity contribution < 1.29 is 0 Å². The Hall–Kier alpha value is -1.08. The van der Waals surface area contributed by atoms with Gasteiger partial charge in [-0.1, -0.05) is 24.3 Å². The van der Waals surface area contributed by atoms with Crippen molar-refractivity contribution in [1.29, 1.82) is 0 Å². The third-order valence-electron chi connectivity index (χ3n) is 3.75. The van der Waals surface area contributed by atoms with Gasteiger partial charge in [0.15, 0.2) is 0 Å². The minimum absolute atomic E-state index is 0.148. The van der Waals surface area contributed by atoms with Gasteiger partial charge in [0.1, 0.15) is 0 Å². The highest BCUT2D eigenvalue weighted by Gasteiger charge is 2.44. The standard InChI is InChI=1S/C16H25N/c1-5-9-15(10-6-2)13-14-16(17-15,11-7-3)12-8-4/h5-8,17H,1-4,9-14H2. The minimum Gasteiger partial charge on any atom is -0.305 e. The maximum atomic E-state index is 3.88. The van der Waals surface area contributed by atoms with Gasteiger partial charge in [0.05, 0.1) is 0 Å². The summed E-state index contributed by atoms with van der Waals surface area (Å²) >= 11 is 0. The van der Waals surface area contributed by atoms with Crippen molar-refractivity contribution in [2.45, 2.75) is 49.6 Å². The molecule has 0 atom stereocenters. The molecule has 1 nitrogen and oxygen atoms in total. The molecule has 0 spiro atoms. The van der Waals surface area contributed by atoms with Gasteiger partial charge in [-0.05, 0) is 38.5 Å². The maximum Gasteiger partial charge on any atom is 0.0256 e. The molecule has 0 bridgehead atoms. The quantitative estimate of drug-likeness (QED) is 0.619. The average molecular weight is 231 g/mol. The second-order valence-electron chi connectivity index (χ2n) is 5.16. The lowest BCUT2D eigenvalue weighted by atomic mass is 9.88. The van der Waals surface area contributed by atoms with Gasteiger partial charge in [0, 0.05) is 11.1 Å². The molecule has 1 heterocycles. The third-order valence-corrected chi connectivity index (χ3v) is 3.75. The van der Waals surface area contributed by atoms with Gasteiger partial charge >= 0.3 is 0 Å². The Balaban J connectivity index is 2.86. The lowest BCUT2D eigenvalue weighted by Gasteiger charge is -2.34. The fourth-order valence-electron chi connectivity index (χ4n) is 3.05. The third kappa shape index (κ3) is 3.19. The molecule has 1 saturated heterocycles. The van der Waals surface area contributed by atoms with Crippen LogP contribution >= 0.6 is 0 Å². The Morgan fingerprint density at radius 3 is 1.24 bits per heavy atom. The number of rotatable bonds is 8. The highest BCUT2D eigenvalue weighted by Crippen LogP contribution is 2.40. The molecule has 94 valence electrons. The summed E-state index contributed by atoms with van der Waals surface area (Å²) in [6.45, 7) is 15.5. The lowest BCUT2D eigenvalue weighted by molar-refractivity contribution is 0.295. The van der Waals surface area contributed by atoms with E-state index in [2.05, 4.69) is 31.6 Å². The van der Waals surface area contributed by atoms with Gasteiger partial charge in [-0.3, -0.25) is 0 Å². The van der Waals surface area contributed by atoms with E-state index in [0.717, 1.165) is 25.7 Å². The number of nitrogens with one attached hydrogen (secondary N) is 1. The molecule has 0 radical (unpaired) electrons. The first-order chi connectivity index (χ1) is 8.16. The van der Waals surface area contributed by atoms with E-state index in [1.165, 1.54) is 12.8 Å². The van der Waals surface area contributed by atoms with Gasteiger partial charge < -0.3 is 5.32 Å². The first-order valence-corrected chi connectivity index (χ1v) is 6.39. The average Bonchev–Trinajstić information content (AvgIpc) is 2.60. The molecular formula is C16H25N. The molecule has 0 aliphatic carbocycles. The van der Waals surface area contributed by atoms with Crippen molar-refractivity contribution >= 4 is 0 Å². The monoisotopic (exact) mass is 231 g/mol. The highest BCUT2D eigenvalue weighted by molar-refractivity contribution is 5.13. The molecule has 0 aromatic rings. The first-order valence-electron chi connectivity index (χ1n) is 6.39. The Morgan fingerprint density at radius 1 is 0.706 bits per heavy atom. The zero-order chi connectivity index (χ0) is 12.8. The molecule has 17 heavy (non-hydrogen) atoms. The number of hydrogen-bond acceptors (Lipinski definition) is 1. The molecular weight excluding hydrogens is 206 g/mol. The predicted molar refractivity (Wildman–Crippen MR) is 77.1 cm³/mol. The van der Waals surface area contributed by atoms with E-state index in [-0.39, 0.29) is 11.1 Å². The van der Waals surface area contributed by atoms with Gasteiger partial charge in [0.25, 0.3) is 0 Å². The van der Waals surface area contributed by atoms with E-state index in [9.17, 15) is 0 Å². The van der Waals surface area contributed by atoms with Crippen LogP contribution in [0.2, 0.25) is 0 Å². The highest BCUT2D eigenvalue weighted by atomic mass is 15.1. The van der Waals surface area contributed by atoms with Crippen LogP contribution in [-0.2, 0) is 0 Å². The molecule has 0 aromatic carbocycles. The fourth-order valence-corrected chi connectivity index (χ4v) is 3.05. The Kier molecular flexibility index (Phi) is 4.95. The fraction of sp³-hybridized carbons (Fsp3) is 0.500. The van der Waals surface area contributed by atoms with Crippen molar-refractivity contribution in [3.05, 3.63) is 50.6 Å². The molecule has 0 unspecified atom stereocenters. The van der Waals surface area contributed by atoms with E-state index >= 15 is 0 Å². The molecule has 1 rings (SSSR count). The summed E-state index contributed by atoms with van der Waals surface area (Å²) in [7, 11) is 0. The minimum atomic E-state index is 0.148. The van der Waals surface area contributed by atoms with E-state index in [4.69, 9.17) is 0 Å². The zero-order valence-corrected chi connectivity index (χ0v) is 10.9. The summed E-state index contributed by atoms with van der Waals surface area (Å²) in [4.78, 5) is 0. The van der Waals surface area contributed by atoms with Crippen LogP contribution in [0.25, 0.3) is 0 Å². The summed E-state index contributed by atoms with van der Waals surface area (Å²) < 4.78 is 0. The van der Waals surface area contributed by atoms with Crippen LogP contribution in [-0.4, -0.2) is 11.1 Å². The summed E-state index contributed by atoms with van der Waals surface area (Å²) in [5.74, 6) is 0. The van der Waals surface area contributed by atoms with Crippen molar-refractivity contribution in [3.63, 3.8) is 0 Å². The molecule has 1 aliphatic rings. The molecule has 0 aromatic heterocycles. The van der Waals surface area contributed by atoms with Crippen LogP contribution in [0.15, 0.2) is 50.6 Å². The van der Waals surface area contributed by atoms with Gasteiger partial charge in [-0.25, -0.2) is 0 Å². The largest absolute Gasteiger partial charge is 0.305 e. The van der Waals surface area contributed by atoms with Crippen LogP contribution in [0.4, 0.5) is 0 Å². The van der Waals surface area contributed by atoms with E-state index in [1.807, 2.05) is 24.3 Å². The Bertz CT molecular complexity index is 251. The van der Waals surface area contributed by atoms with Crippen LogP contribution in [0.3, 0.4) is 0 Å². The van der Waals surface area contributed by atoms with E-state index < -0.39 is 0 Å². The first kappa shape index (κ1) is 14.0. The van der Waals surface area contributed by atoms with Crippen LogP contribution in [0.5, 0.6) is 0 Å². The van der Waals surface area contributed by atoms with E-state index in [0.29, 0.717) is 0 Å². The van der Waals surface area contributed by atoms with Crippen molar-refractivity contribution in [3.8, 4) is 0 Å². The van der Waals surface area contributed by atoms with Gasteiger partial charge in [-0.2, -0.15) is 0 Å². The number of hydrogen-bond donors (Lipinski definition) is 1. The molecule has 1 aliphatic heterocycles. The predicted octanol–water partition coefficient (Wildman–Crippen LogP) is 4.15. The Labute approximate surface area is 106 Å². The topological polar surface area (TPSA) is 12.0 Å². The van der Waals surface area contributed by atoms with Crippen molar-refractivity contribution in [2.24, 2.45) is 0 Å². The van der Waals surface area contributed by atoms with Crippen molar-refractivity contribution in [2.75, 3.05) is 0 Å². The summed E-state index contributed by atoms with van der Waals surface area (Å²) in [6, 6.07) is 0. The van der Waals surface area contributed by atoms with E-state index in [1.54, 1.807) is 0 Å². The van der Waals surface area contributed by atoms with Crippen LogP contribution in [0.1, 0.15) is 38.5 Å². The van der Waals surface area contributed by atoms with Crippen LogP contribution in [0, 0.1) is 0 Å². The van der Waals surface area contributed by atoms with Gasteiger partial charge in [-0.15, -0.1) is 26.3 Å². The maximum absolute atomic E-state index is 3.88. The molecule has 1 fully saturated rings. The molecule has 0 amide bonds. The second-order valence-corrected chi connectivity index (χ2v) is 5.16. The molecule has 1 heteroatoms. The summed E-state index contributed by atoms with van der Waals surface area (Å²) in [5, 5.41) is 3.84. The SMILES string of the molecule is C=CCC1(CC=C)CCC(CC=C)(CC=C)N1. The second kappa shape index (κ2) is 6.02. The lowest BCUT2D eigenvalue weighted by Crippen LogP contribution is -2.49. The smallest absolute Gasteiger partial charge is 0.0256 e. The zero-order valence-electron chi connectivity index (χ0n) is 10.9. The normalized spacial score (nSPS) is 20.7. The molecule has 1 N–H and O–H groups in total. The van der Waals surface area contributed by atoms with Crippen LogP contribution < -0.4 is 5.32 Å². The van der Waals surface area contributed by atoms with Gasteiger partial charge in [0.2, 0.25) is 0 Å². The summed E-state index contributed by atoms with van der Waals surface area (Å²) in [6.07, 6.45) is 14.4. The summed E-state index contributed by atoms with van der Waals surface area (Å²) in [5.41, 5.74) is 0.297. The Morgan fingerprint density at radius 2 is 1.00 bits per heavy atom. The molecule has 0 saturated carbocycles.